The Hall–Kier alpha value is -2.63. The number of carboxylic acid groups (broad SMARTS) is 1. The maximum absolute atomic E-state index is 12.6. The Morgan fingerprint density at radius 2 is 1.91 bits per heavy atom. The summed E-state index contributed by atoms with van der Waals surface area (Å²) in [5.41, 5.74) is 2.47. The van der Waals surface area contributed by atoms with E-state index in [1.165, 1.54) is 0 Å². The molecule has 0 fully saturated rings. The second kappa shape index (κ2) is 7.09. The van der Waals surface area contributed by atoms with E-state index in [-0.39, 0.29) is 24.9 Å². The average Bonchev–Trinajstić information content (AvgIpc) is 2.93. The predicted molar refractivity (Wildman–Crippen MR) is 86.7 cm³/mol. The Kier molecular flexibility index (Phi) is 5.16. The van der Waals surface area contributed by atoms with Gasteiger partial charge in [0.25, 0.3) is 5.91 Å². The molecular formula is C17H21N3O3. The number of carboxylic acids is 1. The van der Waals surface area contributed by atoms with Gasteiger partial charge in [0.2, 0.25) is 0 Å². The molecule has 0 saturated carbocycles. The van der Waals surface area contributed by atoms with Crippen molar-refractivity contribution in [3.05, 3.63) is 47.8 Å². The molecule has 2 aromatic rings. The highest BCUT2D eigenvalue weighted by molar-refractivity contribution is 5.94. The van der Waals surface area contributed by atoms with Gasteiger partial charge >= 0.3 is 5.97 Å². The van der Waals surface area contributed by atoms with E-state index < -0.39 is 5.97 Å². The summed E-state index contributed by atoms with van der Waals surface area (Å²) in [7, 11) is 0. The molecule has 1 heterocycles. The van der Waals surface area contributed by atoms with Crippen molar-refractivity contribution in [1.82, 2.24) is 14.7 Å². The molecule has 6 heteroatoms. The van der Waals surface area contributed by atoms with Crippen molar-refractivity contribution in [2.24, 2.45) is 0 Å². The van der Waals surface area contributed by atoms with Gasteiger partial charge in [0.15, 0.2) is 0 Å². The van der Waals surface area contributed by atoms with Crippen LogP contribution in [0.15, 0.2) is 36.7 Å². The van der Waals surface area contributed by atoms with Crippen molar-refractivity contribution in [1.29, 1.82) is 0 Å². The summed E-state index contributed by atoms with van der Waals surface area (Å²) in [5, 5.41) is 13.0. The lowest BCUT2D eigenvalue weighted by Crippen LogP contribution is -2.38. The third-order valence-corrected chi connectivity index (χ3v) is 3.54. The molecule has 23 heavy (non-hydrogen) atoms. The summed E-state index contributed by atoms with van der Waals surface area (Å²) >= 11 is 0. The molecule has 0 aliphatic rings. The van der Waals surface area contributed by atoms with Crippen LogP contribution in [0.2, 0.25) is 0 Å². The molecule has 0 unspecified atom stereocenters. The van der Waals surface area contributed by atoms with Crippen molar-refractivity contribution in [3.63, 3.8) is 0 Å². The van der Waals surface area contributed by atoms with Crippen LogP contribution in [0, 0.1) is 6.92 Å². The highest BCUT2D eigenvalue weighted by Gasteiger charge is 2.19. The second-order valence-corrected chi connectivity index (χ2v) is 5.75. The van der Waals surface area contributed by atoms with E-state index in [1.54, 1.807) is 27.9 Å². The van der Waals surface area contributed by atoms with E-state index in [1.807, 2.05) is 39.1 Å². The lowest BCUT2D eigenvalue weighted by Gasteiger charge is -2.26. The van der Waals surface area contributed by atoms with E-state index in [9.17, 15) is 9.59 Å². The fourth-order valence-electron chi connectivity index (χ4n) is 2.29. The molecule has 0 atom stereocenters. The molecule has 1 aromatic carbocycles. The van der Waals surface area contributed by atoms with Gasteiger partial charge in [0, 0.05) is 24.3 Å². The number of rotatable bonds is 6. The van der Waals surface area contributed by atoms with Gasteiger partial charge in [-0.15, -0.1) is 0 Å². The summed E-state index contributed by atoms with van der Waals surface area (Å²) < 4.78 is 1.74. The van der Waals surface area contributed by atoms with Crippen LogP contribution in [0.25, 0.3) is 5.69 Å². The van der Waals surface area contributed by atoms with Crippen LogP contribution in [0.1, 0.15) is 36.2 Å². The maximum Gasteiger partial charge on any atom is 0.305 e. The van der Waals surface area contributed by atoms with Gasteiger partial charge in [0.05, 0.1) is 18.3 Å². The summed E-state index contributed by atoms with van der Waals surface area (Å²) in [6, 6.07) is 7.08. The quantitative estimate of drug-likeness (QED) is 0.888. The molecule has 0 saturated heterocycles. The molecule has 0 aliphatic heterocycles. The zero-order chi connectivity index (χ0) is 17.0. The summed E-state index contributed by atoms with van der Waals surface area (Å²) in [6.07, 6.45) is 3.62. The Morgan fingerprint density at radius 1 is 1.26 bits per heavy atom. The molecular weight excluding hydrogens is 294 g/mol. The molecule has 1 aromatic heterocycles. The molecule has 1 amide bonds. The Labute approximate surface area is 135 Å². The van der Waals surface area contributed by atoms with Gasteiger partial charge in [-0.25, -0.2) is 4.68 Å². The number of aryl methyl sites for hydroxylation is 1. The normalized spacial score (nSPS) is 10.8. The Morgan fingerprint density at radius 3 is 2.39 bits per heavy atom. The van der Waals surface area contributed by atoms with Crippen molar-refractivity contribution in [3.8, 4) is 5.69 Å². The maximum atomic E-state index is 12.6. The first kappa shape index (κ1) is 16.7. The Bertz CT molecular complexity index is 689. The number of carbonyl (C=O) groups is 2. The van der Waals surface area contributed by atoms with Gasteiger partial charge in [0.1, 0.15) is 0 Å². The molecule has 122 valence electrons. The third kappa shape index (κ3) is 4.18. The first-order valence-corrected chi connectivity index (χ1v) is 7.53. The standard InChI is InChI=1S/C17H21N3O3/c1-12(2)19(9-8-16(21)22)17(23)14-4-6-15(7-5-14)20-11-13(3)10-18-20/h4-7,10-12H,8-9H2,1-3H3,(H,21,22). The lowest BCUT2D eigenvalue weighted by molar-refractivity contribution is -0.137. The van der Waals surface area contributed by atoms with Crippen molar-refractivity contribution in [2.45, 2.75) is 33.2 Å². The molecule has 0 radical (unpaired) electrons. The van der Waals surface area contributed by atoms with Crippen molar-refractivity contribution in [2.75, 3.05) is 6.54 Å². The molecule has 0 bridgehead atoms. The van der Waals surface area contributed by atoms with Gasteiger partial charge in [-0.1, -0.05) is 0 Å². The number of hydrogen-bond donors (Lipinski definition) is 1. The molecule has 0 aliphatic carbocycles. The lowest BCUT2D eigenvalue weighted by atomic mass is 10.1. The predicted octanol–water partition coefficient (Wildman–Crippen LogP) is 2.51. The summed E-state index contributed by atoms with van der Waals surface area (Å²) in [6.45, 7) is 5.91. The number of aliphatic carboxylic acids is 1. The highest BCUT2D eigenvalue weighted by Crippen LogP contribution is 2.13. The van der Waals surface area contributed by atoms with E-state index in [0.717, 1.165) is 11.3 Å². The van der Waals surface area contributed by atoms with Gasteiger partial charge in [-0.2, -0.15) is 5.10 Å². The van der Waals surface area contributed by atoms with Crippen LogP contribution in [0.3, 0.4) is 0 Å². The number of aromatic nitrogens is 2. The topological polar surface area (TPSA) is 75.4 Å². The number of hydrogen-bond acceptors (Lipinski definition) is 3. The zero-order valence-corrected chi connectivity index (χ0v) is 13.6. The monoisotopic (exact) mass is 315 g/mol. The number of nitrogens with zero attached hydrogens (tertiary/aromatic N) is 3. The zero-order valence-electron chi connectivity index (χ0n) is 13.6. The van der Waals surface area contributed by atoms with E-state index >= 15 is 0 Å². The number of amides is 1. The van der Waals surface area contributed by atoms with E-state index in [0.29, 0.717) is 5.56 Å². The first-order valence-electron chi connectivity index (χ1n) is 7.53. The van der Waals surface area contributed by atoms with Crippen LogP contribution in [-0.2, 0) is 4.79 Å². The molecule has 1 N–H and O–H groups in total. The molecule has 2 rings (SSSR count). The average molecular weight is 315 g/mol. The van der Waals surface area contributed by atoms with Crippen LogP contribution in [0.4, 0.5) is 0 Å². The minimum atomic E-state index is -0.909. The van der Waals surface area contributed by atoms with Crippen molar-refractivity contribution >= 4 is 11.9 Å². The fraction of sp³-hybridized carbons (Fsp3) is 0.353. The van der Waals surface area contributed by atoms with Crippen LogP contribution >= 0.6 is 0 Å². The summed E-state index contributed by atoms with van der Waals surface area (Å²) in [5.74, 6) is -1.07. The van der Waals surface area contributed by atoms with Crippen LogP contribution in [-0.4, -0.2) is 44.3 Å². The minimum Gasteiger partial charge on any atom is -0.481 e. The SMILES string of the molecule is Cc1cnn(-c2ccc(C(=O)N(CCC(=O)O)C(C)C)cc2)c1. The fourth-order valence-corrected chi connectivity index (χ4v) is 2.29. The third-order valence-electron chi connectivity index (χ3n) is 3.54. The van der Waals surface area contributed by atoms with Crippen molar-refractivity contribution < 1.29 is 14.7 Å². The Balaban J connectivity index is 2.16. The largest absolute Gasteiger partial charge is 0.481 e. The minimum absolute atomic E-state index is 0.0599. The van der Waals surface area contributed by atoms with Gasteiger partial charge in [-0.05, 0) is 50.6 Å². The van der Waals surface area contributed by atoms with E-state index in [2.05, 4.69) is 5.10 Å². The van der Waals surface area contributed by atoms with E-state index in [4.69, 9.17) is 5.11 Å². The van der Waals surface area contributed by atoms with Crippen LogP contribution < -0.4 is 0 Å². The molecule has 6 nitrogen and oxygen atoms in total. The van der Waals surface area contributed by atoms with Crippen LogP contribution in [0.5, 0.6) is 0 Å². The molecule has 0 spiro atoms. The number of benzene rings is 1. The smallest absolute Gasteiger partial charge is 0.305 e. The second-order valence-electron chi connectivity index (χ2n) is 5.75. The summed E-state index contributed by atoms with van der Waals surface area (Å²) in [4.78, 5) is 24.9. The van der Waals surface area contributed by atoms with Gasteiger partial charge < -0.3 is 10.0 Å². The van der Waals surface area contributed by atoms with Gasteiger partial charge in [-0.3, -0.25) is 9.59 Å². The first-order chi connectivity index (χ1) is 10.9. The number of carbonyl (C=O) groups excluding carboxylic acids is 1. The highest BCUT2D eigenvalue weighted by atomic mass is 16.4.